The van der Waals surface area contributed by atoms with Crippen molar-refractivity contribution in [3.8, 4) is 6.07 Å². The van der Waals surface area contributed by atoms with Crippen molar-refractivity contribution in [1.29, 1.82) is 5.26 Å². The molecule has 134 valence electrons. The van der Waals surface area contributed by atoms with Crippen molar-refractivity contribution in [3.63, 3.8) is 0 Å². The summed E-state index contributed by atoms with van der Waals surface area (Å²) < 4.78 is 0. The molecule has 2 atom stereocenters. The Bertz CT molecular complexity index is 820. The third-order valence-corrected chi connectivity index (χ3v) is 5.33. The van der Waals surface area contributed by atoms with Gasteiger partial charge in [0, 0.05) is 0 Å². The Labute approximate surface area is 158 Å². The van der Waals surface area contributed by atoms with Crippen molar-refractivity contribution in [2.75, 3.05) is 0 Å². The van der Waals surface area contributed by atoms with E-state index in [4.69, 9.17) is 5.26 Å². The summed E-state index contributed by atoms with van der Waals surface area (Å²) in [5.74, 6) is 0.774. The molecule has 1 heteroatoms. The highest BCUT2D eigenvalue weighted by molar-refractivity contribution is 5.72. The second-order valence-electron chi connectivity index (χ2n) is 7.00. The number of nitrogens with zero attached hydrogens (tertiary/aromatic N) is 1. The SMILES string of the molecule is C=C(/C=C\Cc1ccccc1C1(C)CC1C)c1ccc(C#N)cc1.CC. The van der Waals surface area contributed by atoms with Gasteiger partial charge in [0.25, 0.3) is 0 Å². The van der Waals surface area contributed by atoms with Crippen LogP contribution in [-0.4, -0.2) is 0 Å². The van der Waals surface area contributed by atoms with Crippen molar-refractivity contribution < 1.29 is 0 Å². The van der Waals surface area contributed by atoms with Gasteiger partial charge in [0.2, 0.25) is 0 Å². The summed E-state index contributed by atoms with van der Waals surface area (Å²) in [6.45, 7) is 12.8. The molecule has 1 saturated carbocycles. The molecule has 26 heavy (non-hydrogen) atoms. The molecular formula is C25H29N. The molecule has 1 aliphatic rings. The molecule has 0 amide bonds. The van der Waals surface area contributed by atoms with Crippen LogP contribution in [0.4, 0.5) is 0 Å². The lowest BCUT2D eigenvalue weighted by molar-refractivity contribution is 0.694. The Balaban J connectivity index is 0.00000117. The molecule has 1 nitrogen and oxygen atoms in total. The zero-order valence-corrected chi connectivity index (χ0v) is 16.4. The minimum absolute atomic E-state index is 0.356. The van der Waals surface area contributed by atoms with Crippen molar-refractivity contribution in [2.24, 2.45) is 5.92 Å². The van der Waals surface area contributed by atoms with E-state index in [2.05, 4.69) is 62.9 Å². The normalized spacial score (nSPS) is 20.8. The molecule has 0 radical (unpaired) electrons. The summed E-state index contributed by atoms with van der Waals surface area (Å²) >= 11 is 0. The predicted octanol–water partition coefficient (Wildman–Crippen LogP) is 6.69. The van der Waals surface area contributed by atoms with Gasteiger partial charge in [0.15, 0.2) is 0 Å². The van der Waals surface area contributed by atoms with Gasteiger partial charge in [-0.05, 0) is 58.6 Å². The molecule has 2 unspecified atom stereocenters. The monoisotopic (exact) mass is 343 g/mol. The molecule has 0 bridgehead atoms. The Morgan fingerprint density at radius 2 is 1.81 bits per heavy atom. The maximum absolute atomic E-state index is 8.86. The average Bonchev–Trinajstić information content (AvgIpc) is 3.31. The van der Waals surface area contributed by atoms with E-state index in [9.17, 15) is 0 Å². The van der Waals surface area contributed by atoms with Crippen molar-refractivity contribution >= 4 is 5.57 Å². The fourth-order valence-electron chi connectivity index (χ4n) is 3.39. The Morgan fingerprint density at radius 1 is 1.19 bits per heavy atom. The van der Waals surface area contributed by atoms with Crippen LogP contribution in [0.25, 0.3) is 5.57 Å². The molecular weight excluding hydrogens is 314 g/mol. The number of hydrogen-bond donors (Lipinski definition) is 0. The summed E-state index contributed by atoms with van der Waals surface area (Å²) in [5.41, 5.74) is 5.97. The van der Waals surface area contributed by atoms with Crippen LogP contribution in [0.15, 0.2) is 67.3 Å². The van der Waals surface area contributed by atoms with E-state index in [0.29, 0.717) is 11.0 Å². The van der Waals surface area contributed by atoms with Crippen LogP contribution >= 0.6 is 0 Å². The topological polar surface area (TPSA) is 23.8 Å². The largest absolute Gasteiger partial charge is 0.192 e. The van der Waals surface area contributed by atoms with E-state index in [0.717, 1.165) is 23.5 Å². The quantitative estimate of drug-likeness (QED) is 0.554. The van der Waals surface area contributed by atoms with Crippen LogP contribution in [0.2, 0.25) is 0 Å². The van der Waals surface area contributed by atoms with Gasteiger partial charge in [-0.3, -0.25) is 0 Å². The van der Waals surface area contributed by atoms with E-state index in [1.807, 2.05) is 38.1 Å². The standard InChI is InChI=1S/C23H23N.C2H6/c1-17(20-13-11-19(16-24)12-14-20)7-6-9-21-8-4-5-10-22(21)23(3)15-18(23)2;1-2/h4-8,10-14,18H,1,9,15H2,2-3H3;1-2H3/b7-6-;. The molecule has 1 fully saturated rings. The summed E-state index contributed by atoms with van der Waals surface area (Å²) in [6, 6.07) is 18.5. The molecule has 2 aromatic rings. The maximum Gasteiger partial charge on any atom is 0.0991 e. The van der Waals surface area contributed by atoms with Gasteiger partial charge in [0.1, 0.15) is 0 Å². The van der Waals surface area contributed by atoms with Crippen LogP contribution in [0.3, 0.4) is 0 Å². The Morgan fingerprint density at radius 3 is 2.38 bits per heavy atom. The van der Waals surface area contributed by atoms with Gasteiger partial charge in [0.05, 0.1) is 11.6 Å². The second kappa shape index (κ2) is 8.68. The van der Waals surface area contributed by atoms with Crippen molar-refractivity contribution in [1.82, 2.24) is 0 Å². The minimum Gasteiger partial charge on any atom is -0.192 e. The first-order valence-corrected chi connectivity index (χ1v) is 9.49. The molecule has 2 aromatic carbocycles. The summed E-state index contributed by atoms with van der Waals surface area (Å²) in [4.78, 5) is 0. The Kier molecular flexibility index (Phi) is 6.58. The summed E-state index contributed by atoms with van der Waals surface area (Å²) in [7, 11) is 0. The molecule has 3 rings (SSSR count). The van der Waals surface area contributed by atoms with Crippen LogP contribution < -0.4 is 0 Å². The van der Waals surface area contributed by atoms with E-state index in [1.54, 1.807) is 0 Å². The zero-order valence-electron chi connectivity index (χ0n) is 16.4. The lowest BCUT2D eigenvalue weighted by Gasteiger charge is -2.15. The second-order valence-corrected chi connectivity index (χ2v) is 7.00. The zero-order chi connectivity index (χ0) is 19.2. The number of rotatable bonds is 5. The smallest absolute Gasteiger partial charge is 0.0991 e. The maximum atomic E-state index is 8.86. The third-order valence-electron chi connectivity index (χ3n) is 5.33. The lowest BCUT2D eigenvalue weighted by Crippen LogP contribution is -2.06. The molecule has 0 spiro atoms. The molecule has 1 aliphatic carbocycles. The van der Waals surface area contributed by atoms with Crippen LogP contribution in [0.1, 0.15) is 56.4 Å². The number of nitriles is 1. The fraction of sp³-hybridized carbons (Fsp3) is 0.320. The highest BCUT2D eigenvalue weighted by Crippen LogP contribution is 2.54. The summed E-state index contributed by atoms with van der Waals surface area (Å²) in [6.07, 6.45) is 6.48. The van der Waals surface area contributed by atoms with Gasteiger partial charge < -0.3 is 0 Å². The first-order valence-electron chi connectivity index (χ1n) is 9.49. The van der Waals surface area contributed by atoms with E-state index < -0.39 is 0 Å². The number of allylic oxidation sites excluding steroid dienone is 3. The van der Waals surface area contributed by atoms with Crippen LogP contribution in [0.5, 0.6) is 0 Å². The van der Waals surface area contributed by atoms with Crippen LogP contribution in [-0.2, 0) is 11.8 Å². The molecule has 0 aliphatic heterocycles. The van der Waals surface area contributed by atoms with E-state index >= 15 is 0 Å². The highest BCUT2D eigenvalue weighted by atomic mass is 14.5. The van der Waals surface area contributed by atoms with Gasteiger partial charge in [-0.25, -0.2) is 0 Å². The fourth-order valence-corrected chi connectivity index (χ4v) is 3.39. The molecule has 0 N–H and O–H groups in total. The van der Waals surface area contributed by atoms with E-state index in [-0.39, 0.29) is 0 Å². The average molecular weight is 344 g/mol. The Hall–Kier alpha value is -2.59. The molecule has 0 heterocycles. The highest BCUT2D eigenvalue weighted by Gasteiger charge is 2.48. The molecule has 0 aromatic heterocycles. The van der Waals surface area contributed by atoms with Crippen molar-refractivity contribution in [2.45, 2.75) is 46.0 Å². The number of hydrogen-bond acceptors (Lipinski definition) is 1. The van der Waals surface area contributed by atoms with Gasteiger partial charge in [-0.2, -0.15) is 5.26 Å². The van der Waals surface area contributed by atoms with Gasteiger partial charge in [-0.15, -0.1) is 0 Å². The van der Waals surface area contributed by atoms with E-state index in [1.165, 1.54) is 17.5 Å². The van der Waals surface area contributed by atoms with Gasteiger partial charge >= 0.3 is 0 Å². The minimum atomic E-state index is 0.356. The number of benzene rings is 2. The third kappa shape index (κ3) is 4.33. The van der Waals surface area contributed by atoms with Crippen LogP contribution in [0, 0.1) is 17.2 Å². The van der Waals surface area contributed by atoms with Crippen molar-refractivity contribution in [3.05, 3.63) is 89.5 Å². The van der Waals surface area contributed by atoms with Gasteiger partial charge in [-0.1, -0.05) is 82.8 Å². The first kappa shape index (κ1) is 19.7. The lowest BCUT2D eigenvalue weighted by atomic mass is 9.89. The molecule has 0 saturated heterocycles. The summed E-state index contributed by atoms with van der Waals surface area (Å²) in [5, 5.41) is 8.86. The predicted molar refractivity (Wildman–Crippen MR) is 112 cm³/mol. The first-order chi connectivity index (χ1) is 12.5.